The van der Waals surface area contributed by atoms with Gasteiger partial charge in [0.1, 0.15) is 5.75 Å². The fraction of sp³-hybridized carbons (Fsp3) is 0.440. The second-order valence-corrected chi connectivity index (χ2v) is 8.93. The highest BCUT2D eigenvalue weighted by Crippen LogP contribution is 2.24. The smallest absolute Gasteiger partial charge is 0.251 e. The zero-order chi connectivity index (χ0) is 23.1. The Hall–Kier alpha value is -2.90. The number of methoxy groups -OCH3 is 1. The number of hydrogen-bond acceptors (Lipinski definition) is 5. The molecule has 2 N–H and O–H groups in total. The molecule has 7 heteroatoms. The fourth-order valence-electron chi connectivity index (χ4n) is 3.52. The monoisotopic (exact) mass is 439 g/mol. The molecule has 0 radical (unpaired) electrons. The van der Waals surface area contributed by atoms with Crippen LogP contribution in [-0.4, -0.2) is 56.7 Å². The number of nitrogens with zero attached hydrogens (tertiary/aromatic N) is 1. The Morgan fingerprint density at radius 3 is 2.41 bits per heavy atom. The van der Waals surface area contributed by atoms with Gasteiger partial charge in [0.05, 0.1) is 26.4 Å². The molecule has 1 fully saturated rings. The highest BCUT2D eigenvalue weighted by Gasteiger charge is 2.24. The molecule has 0 aliphatic carbocycles. The normalized spacial score (nSPS) is 15.6. The van der Waals surface area contributed by atoms with Crippen molar-refractivity contribution < 1.29 is 19.1 Å². The van der Waals surface area contributed by atoms with E-state index in [1.54, 1.807) is 31.4 Å². The predicted molar refractivity (Wildman–Crippen MR) is 125 cm³/mol. The second-order valence-electron chi connectivity index (χ2n) is 8.93. The average molecular weight is 440 g/mol. The minimum atomic E-state index is -0.512. The maximum Gasteiger partial charge on any atom is 0.251 e. The van der Waals surface area contributed by atoms with Crippen LogP contribution in [-0.2, 0) is 9.53 Å². The van der Waals surface area contributed by atoms with Gasteiger partial charge in [0.25, 0.3) is 5.91 Å². The molecule has 0 saturated carbocycles. The van der Waals surface area contributed by atoms with Crippen molar-refractivity contribution in [1.82, 2.24) is 10.2 Å². The summed E-state index contributed by atoms with van der Waals surface area (Å²) in [5.74, 6) is 0.526. The number of rotatable bonds is 7. The molecule has 1 aliphatic rings. The van der Waals surface area contributed by atoms with Gasteiger partial charge in [0.15, 0.2) is 0 Å². The lowest BCUT2D eigenvalue weighted by Crippen LogP contribution is -2.43. The molecule has 1 heterocycles. The first-order chi connectivity index (χ1) is 15.3. The first-order valence-electron chi connectivity index (χ1n) is 10.9. The Labute approximate surface area is 190 Å². The number of ether oxygens (including phenoxy) is 2. The first kappa shape index (κ1) is 23.8. The number of benzene rings is 2. The van der Waals surface area contributed by atoms with E-state index in [2.05, 4.69) is 15.5 Å². The van der Waals surface area contributed by atoms with Crippen LogP contribution in [0.2, 0.25) is 0 Å². The third-order valence-corrected chi connectivity index (χ3v) is 5.51. The summed E-state index contributed by atoms with van der Waals surface area (Å²) in [6, 6.07) is 15.0. The molecule has 1 saturated heterocycles. The molecule has 3 rings (SSSR count). The summed E-state index contributed by atoms with van der Waals surface area (Å²) < 4.78 is 10.8. The molecule has 1 atom stereocenters. The largest absolute Gasteiger partial charge is 0.497 e. The van der Waals surface area contributed by atoms with E-state index in [0.717, 1.165) is 24.4 Å². The third-order valence-electron chi connectivity index (χ3n) is 5.51. The number of carbonyl (C=O) groups excluding carboxylic acids is 2. The zero-order valence-corrected chi connectivity index (χ0v) is 19.3. The maximum atomic E-state index is 12.9. The van der Waals surface area contributed by atoms with Crippen LogP contribution < -0.4 is 15.4 Å². The van der Waals surface area contributed by atoms with Crippen molar-refractivity contribution in [2.24, 2.45) is 5.41 Å². The van der Waals surface area contributed by atoms with E-state index >= 15 is 0 Å². The van der Waals surface area contributed by atoms with Crippen LogP contribution >= 0.6 is 0 Å². The lowest BCUT2D eigenvalue weighted by molar-refractivity contribution is -0.123. The molecule has 32 heavy (non-hydrogen) atoms. The minimum absolute atomic E-state index is 0.0255. The van der Waals surface area contributed by atoms with Gasteiger partial charge in [-0.1, -0.05) is 39.0 Å². The van der Waals surface area contributed by atoms with Gasteiger partial charge in [-0.3, -0.25) is 14.5 Å². The van der Waals surface area contributed by atoms with E-state index in [4.69, 9.17) is 9.47 Å². The molecule has 0 spiro atoms. The average Bonchev–Trinajstić information content (AvgIpc) is 2.79. The van der Waals surface area contributed by atoms with E-state index in [9.17, 15) is 9.59 Å². The summed E-state index contributed by atoms with van der Waals surface area (Å²) in [5, 5.41) is 5.95. The van der Waals surface area contributed by atoms with Gasteiger partial charge >= 0.3 is 0 Å². The van der Waals surface area contributed by atoms with Gasteiger partial charge in [0.2, 0.25) is 5.91 Å². The SMILES string of the molecule is COc1ccc(C(CNC(=O)c2cccc(NC(=O)C(C)(C)C)c2)N2CCOCC2)cc1. The predicted octanol–water partition coefficient (Wildman–Crippen LogP) is 3.48. The van der Waals surface area contributed by atoms with Crippen LogP contribution in [0.5, 0.6) is 5.75 Å². The quantitative estimate of drug-likeness (QED) is 0.691. The molecule has 2 aromatic rings. The van der Waals surface area contributed by atoms with Crippen molar-refractivity contribution in [3.63, 3.8) is 0 Å². The molecule has 1 aliphatic heterocycles. The van der Waals surface area contributed by atoms with Gasteiger partial charge in [0, 0.05) is 36.3 Å². The van der Waals surface area contributed by atoms with Gasteiger partial charge in [-0.05, 0) is 35.9 Å². The Kier molecular flexibility index (Phi) is 7.88. The molecule has 1 unspecified atom stereocenters. The van der Waals surface area contributed by atoms with Crippen molar-refractivity contribution >= 4 is 17.5 Å². The van der Waals surface area contributed by atoms with Crippen LogP contribution in [0.15, 0.2) is 48.5 Å². The van der Waals surface area contributed by atoms with Gasteiger partial charge in [-0.15, -0.1) is 0 Å². The van der Waals surface area contributed by atoms with Crippen molar-refractivity contribution in [2.75, 3.05) is 45.3 Å². The molecule has 7 nitrogen and oxygen atoms in total. The third kappa shape index (κ3) is 6.31. The van der Waals surface area contributed by atoms with Gasteiger partial charge in [-0.25, -0.2) is 0 Å². The lowest BCUT2D eigenvalue weighted by atomic mass is 9.95. The summed E-state index contributed by atoms with van der Waals surface area (Å²) in [6.07, 6.45) is 0. The van der Waals surface area contributed by atoms with E-state index in [1.165, 1.54) is 0 Å². The Morgan fingerprint density at radius 1 is 1.09 bits per heavy atom. The minimum Gasteiger partial charge on any atom is -0.497 e. The van der Waals surface area contributed by atoms with E-state index in [0.29, 0.717) is 31.0 Å². The molecule has 172 valence electrons. The number of anilines is 1. The van der Waals surface area contributed by atoms with Gasteiger partial charge < -0.3 is 20.1 Å². The zero-order valence-electron chi connectivity index (χ0n) is 19.3. The first-order valence-corrected chi connectivity index (χ1v) is 10.9. The second kappa shape index (κ2) is 10.6. The van der Waals surface area contributed by atoms with Crippen molar-refractivity contribution in [3.05, 3.63) is 59.7 Å². The summed E-state index contributed by atoms with van der Waals surface area (Å²) in [7, 11) is 1.65. The number of amides is 2. The number of hydrogen-bond donors (Lipinski definition) is 2. The fourth-order valence-corrected chi connectivity index (χ4v) is 3.52. The van der Waals surface area contributed by atoms with Crippen LogP contribution in [0, 0.1) is 5.41 Å². The molecule has 2 amide bonds. The summed E-state index contributed by atoms with van der Waals surface area (Å²) in [5.41, 5.74) is 1.71. The maximum absolute atomic E-state index is 12.9. The van der Waals surface area contributed by atoms with Crippen LogP contribution in [0.4, 0.5) is 5.69 Å². The van der Waals surface area contributed by atoms with Crippen molar-refractivity contribution in [1.29, 1.82) is 0 Å². The standard InChI is InChI=1S/C25H33N3O4/c1-25(2,3)24(30)27-20-7-5-6-19(16-20)23(29)26-17-22(28-12-14-32-15-13-28)18-8-10-21(31-4)11-9-18/h5-11,16,22H,12-15,17H2,1-4H3,(H,26,29)(H,27,30). The van der Waals surface area contributed by atoms with Crippen LogP contribution in [0.1, 0.15) is 42.7 Å². The summed E-state index contributed by atoms with van der Waals surface area (Å²) in [4.78, 5) is 27.5. The van der Waals surface area contributed by atoms with Crippen molar-refractivity contribution in [3.8, 4) is 5.75 Å². The number of carbonyl (C=O) groups is 2. The molecule has 0 bridgehead atoms. The van der Waals surface area contributed by atoms with Crippen molar-refractivity contribution in [2.45, 2.75) is 26.8 Å². The number of morpholine rings is 1. The molecule has 0 aromatic heterocycles. The molecular weight excluding hydrogens is 406 g/mol. The number of nitrogens with one attached hydrogen (secondary N) is 2. The topological polar surface area (TPSA) is 79.9 Å². The van der Waals surface area contributed by atoms with E-state index < -0.39 is 5.41 Å². The summed E-state index contributed by atoms with van der Waals surface area (Å²) in [6.45, 7) is 8.98. The highest BCUT2D eigenvalue weighted by molar-refractivity contribution is 5.98. The van der Waals surface area contributed by atoms with Gasteiger partial charge in [-0.2, -0.15) is 0 Å². The molecular formula is C25H33N3O4. The van der Waals surface area contributed by atoms with E-state index in [1.807, 2.05) is 45.0 Å². The Bertz CT molecular complexity index is 916. The summed E-state index contributed by atoms with van der Waals surface area (Å²) >= 11 is 0. The van der Waals surface area contributed by atoms with Crippen LogP contribution in [0.3, 0.4) is 0 Å². The lowest BCUT2D eigenvalue weighted by Gasteiger charge is -2.35. The Balaban J connectivity index is 1.70. The highest BCUT2D eigenvalue weighted by atomic mass is 16.5. The van der Waals surface area contributed by atoms with Crippen LogP contribution in [0.25, 0.3) is 0 Å². The Morgan fingerprint density at radius 2 is 1.78 bits per heavy atom. The van der Waals surface area contributed by atoms with E-state index in [-0.39, 0.29) is 17.9 Å². The molecule has 2 aromatic carbocycles.